The highest BCUT2D eigenvalue weighted by Gasteiger charge is 2.31. The fourth-order valence-corrected chi connectivity index (χ4v) is 4.54. The molecule has 0 radical (unpaired) electrons. The Morgan fingerprint density at radius 1 is 0.971 bits per heavy atom. The number of hydrogen-bond acceptors (Lipinski definition) is 5. The Hall–Kier alpha value is -4.07. The molecule has 3 aromatic rings. The quantitative estimate of drug-likeness (QED) is 0.426. The molecule has 2 aliphatic rings. The Bertz CT molecular complexity index is 1220. The summed E-state index contributed by atoms with van der Waals surface area (Å²) in [5, 5.41) is 14.5. The van der Waals surface area contributed by atoms with E-state index in [2.05, 4.69) is 34.9 Å². The van der Waals surface area contributed by atoms with Crippen LogP contribution in [0.3, 0.4) is 0 Å². The molecule has 1 heterocycles. The topological polar surface area (TPSA) is 118 Å². The minimum atomic E-state index is -1.06. The number of nitrogens with one attached hydrogen (secondary N) is 2. The van der Waals surface area contributed by atoms with Gasteiger partial charge >= 0.3 is 12.1 Å². The van der Waals surface area contributed by atoms with Crippen molar-refractivity contribution in [2.24, 2.45) is 5.92 Å². The Morgan fingerprint density at radius 3 is 2.26 bits per heavy atom. The summed E-state index contributed by atoms with van der Waals surface area (Å²) in [6.07, 6.45) is 1.81. The van der Waals surface area contributed by atoms with Crippen LogP contribution in [0.1, 0.15) is 52.6 Å². The van der Waals surface area contributed by atoms with E-state index < -0.39 is 24.0 Å². The summed E-state index contributed by atoms with van der Waals surface area (Å²) in [6.45, 7) is 0.234. The minimum absolute atomic E-state index is 0.00335. The lowest BCUT2D eigenvalue weighted by molar-refractivity contribution is -0.139. The highest BCUT2D eigenvalue weighted by Crippen LogP contribution is 2.44. The first-order chi connectivity index (χ1) is 17.0. The van der Waals surface area contributed by atoms with Gasteiger partial charge in [-0.05, 0) is 46.7 Å². The molecule has 8 heteroatoms. The maximum absolute atomic E-state index is 12.4. The van der Waals surface area contributed by atoms with Crippen molar-refractivity contribution in [3.8, 4) is 11.1 Å². The fraction of sp³-hybridized carbons (Fsp3) is 0.296. The lowest BCUT2D eigenvalue weighted by Crippen LogP contribution is -2.41. The molecule has 1 unspecified atom stereocenters. The first kappa shape index (κ1) is 22.7. The van der Waals surface area contributed by atoms with Crippen LogP contribution in [-0.4, -0.2) is 35.7 Å². The van der Waals surface area contributed by atoms with Crippen molar-refractivity contribution in [2.75, 3.05) is 6.61 Å². The molecule has 2 amide bonds. The third-order valence-electron chi connectivity index (χ3n) is 6.51. The molecule has 0 spiro atoms. The van der Waals surface area contributed by atoms with E-state index in [1.807, 2.05) is 24.3 Å². The summed E-state index contributed by atoms with van der Waals surface area (Å²) in [5.74, 6) is -0.983. The van der Waals surface area contributed by atoms with E-state index in [0.717, 1.165) is 35.1 Å². The molecule has 1 aromatic heterocycles. The molecule has 180 valence electrons. The summed E-state index contributed by atoms with van der Waals surface area (Å²) < 4.78 is 11.0. The molecule has 0 aliphatic heterocycles. The van der Waals surface area contributed by atoms with Crippen LogP contribution in [0.15, 0.2) is 65.1 Å². The van der Waals surface area contributed by atoms with Crippen molar-refractivity contribution < 1.29 is 28.6 Å². The number of hydrogen-bond donors (Lipinski definition) is 3. The maximum atomic E-state index is 12.4. The van der Waals surface area contributed by atoms with Gasteiger partial charge in [0.1, 0.15) is 18.4 Å². The second-order valence-electron chi connectivity index (χ2n) is 8.99. The smallest absolute Gasteiger partial charge is 0.407 e. The molecule has 8 nitrogen and oxygen atoms in total. The average Bonchev–Trinajstić information content (AvgIpc) is 3.45. The molecule has 2 aliphatic carbocycles. The van der Waals surface area contributed by atoms with Crippen LogP contribution in [0.4, 0.5) is 4.79 Å². The molecule has 1 saturated carbocycles. The van der Waals surface area contributed by atoms with Crippen LogP contribution in [0.2, 0.25) is 0 Å². The highest BCUT2D eigenvalue weighted by atomic mass is 16.5. The van der Waals surface area contributed by atoms with E-state index in [9.17, 15) is 19.5 Å². The van der Waals surface area contributed by atoms with Crippen molar-refractivity contribution >= 4 is 18.0 Å². The second kappa shape index (κ2) is 9.66. The number of fused-ring (bicyclic) bond motifs is 3. The van der Waals surface area contributed by atoms with Gasteiger partial charge in [-0.2, -0.15) is 0 Å². The van der Waals surface area contributed by atoms with E-state index in [-0.39, 0.29) is 24.8 Å². The maximum Gasteiger partial charge on any atom is 0.407 e. The molecule has 5 rings (SSSR count). The van der Waals surface area contributed by atoms with Gasteiger partial charge in [-0.25, -0.2) is 9.59 Å². The first-order valence-electron chi connectivity index (χ1n) is 11.7. The zero-order valence-corrected chi connectivity index (χ0v) is 19.0. The van der Waals surface area contributed by atoms with Crippen LogP contribution < -0.4 is 10.6 Å². The Balaban J connectivity index is 1.13. The van der Waals surface area contributed by atoms with Crippen molar-refractivity contribution in [3.63, 3.8) is 0 Å². The molecule has 2 aromatic carbocycles. The number of carbonyl (C=O) groups is 3. The number of carbonyl (C=O) groups excluding carboxylic acids is 2. The van der Waals surface area contributed by atoms with Gasteiger partial charge in [0.25, 0.3) is 5.91 Å². The number of carboxylic acid groups (broad SMARTS) is 1. The summed E-state index contributed by atoms with van der Waals surface area (Å²) in [6, 6.07) is 18.3. The third kappa shape index (κ3) is 5.06. The fourth-order valence-electron chi connectivity index (χ4n) is 4.54. The first-order valence-corrected chi connectivity index (χ1v) is 11.7. The monoisotopic (exact) mass is 474 g/mol. The van der Waals surface area contributed by atoms with E-state index in [0.29, 0.717) is 18.1 Å². The van der Waals surface area contributed by atoms with Gasteiger partial charge in [-0.15, -0.1) is 0 Å². The van der Waals surface area contributed by atoms with E-state index in [1.165, 1.54) is 6.07 Å². The van der Waals surface area contributed by atoms with Gasteiger partial charge in [0.05, 0.1) is 6.54 Å². The van der Waals surface area contributed by atoms with Crippen LogP contribution in [0, 0.1) is 5.92 Å². The number of amides is 2. The lowest BCUT2D eigenvalue weighted by atomic mass is 9.98. The summed E-state index contributed by atoms with van der Waals surface area (Å²) in [4.78, 5) is 36.1. The Morgan fingerprint density at radius 2 is 1.63 bits per heavy atom. The number of carboxylic acids is 1. The average molecular weight is 475 g/mol. The van der Waals surface area contributed by atoms with Crippen LogP contribution in [-0.2, 0) is 16.1 Å². The lowest BCUT2D eigenvalue weighted by Gasteiger charge is -2.14. The third-order valence-corrected chi connectivity index (χ3v) is 6.51. The highest BCUT2D eigenvalue weighted by molar-refractivity contribution is 5.94. The molecular formula is C27H26N2O6. The number of benzene rings is 2. The van der Waals surface area contributed by atoms with Gasteiger partial charge in [-0.1, -0.05) is 61.4 Å². The van der Waals surface area contributed by atoms with Gasteiger partial charge in [0.2, 0.25) is 0 Å². The molecular weight excluding hydrogens is 448 g/mol. The van der Waals surface area contributed by atoms with E-state index in [1.54, 1.807) is 6.07 Å². The van der Waals surface area contributed by atoms with Crippen LogP contribution >= 0.6 is 0 Å². The second-order valence-corrected chi connectivity index (χ2v) is 8.99. The predicted molar refractivity (Wildman–Crippen MR) is 127 cm³/mol. The van der Waals surface area contributed by atoms with Gasteiger partial charge < -0.3 is 24.9 Å². The van der Waals surface area contributed by atoms with Crippen molar-refractivity contribution in [1.82, 2.24) is 10.6 Å². The zero-order chi connectivity index (χ0) is 24.4. The van der Waals surface area contributed by atoms with Crippen LogP contribution in [0.25, 0.3) is 11.1 Å². The minimum Gasteiger partial charge on any atom is -0.480 e. The Labute approximate surface area is 202 Å². The van der Waals surface area contributed by atoms with Gasteiger partial charge in [0.15, 0.2) is 5.76 Å². The summed E-state index contributed by atoms with van der Waals surface area (Å²) in [7, 11) is 0. The largest absolute Gasteiger partial charge is 0.480 e. The molecule has 35 heavy (non-hydrogen) atoms. The summed E-state index contributed by atoms with van der Waals surface area (Å²) >= 11 is 0. The standard InChI is InChI=1S/C27H26N2O6/c30-25(29-23(26(31)32)13-16-9-10-16)24-12-11-17(35-24)14-28-27(33)34-15-22-20-7-3-1-5-18(20)19-6-2-4-8-21(19)22/h1-8,11-12,16,22-23H,9-10,13-15H2,(H,28,33)(H,29,30)(H,31,32). The molecule has 0 bridgehead atoms. The van der Waals surface area contributed by atoms with E-state index >= 15 is 0 Å². The van der Waals surface area contributed by atoms with E-state index in [4.69, 9.17) is 9.15 Å². The number of furan rings is 1. The van der Waals surface area contributed by atoms with Crippen LogP contribution in [0.5, 0.6) is 0 Å². The van der Waals surface area contributed by atoms with Crippen molar-refractivity contribution in [3.05, 3.63) is 83.3 Å². The van der Waals surface area contributed by atoms with Gasteiger partial charge in [-0.3, -0.25) is 4.79 Å². The number of rotatable bonds is 9. The number of aliphatic carboxylic acids is 1. The molecule has 0 saturated heterocycles. The van der Waals surface area contributed by atoms with Crippen molar-refractivity contribution in [2.45, 2.75) is 37.8 Å². The Kier molecular flexibility index (Phi) is 6.27. The number of ether oxygens (including phenoxy) is 1. The van der Waals surface area contributed by atoms with Crippen molar-refractivity contribution in [1.29, 1.82) is 0 Å². The predicted octanol–water partition coefficient (Wildman–Crippen LogP) is 4.30. The SMILES string of the molecule is O=C(NCc1ccc(C(=O)NC(CC2CC2)C(=O)O)o1)OCC1c2ccccc2-c2ccccc21. The molecule has 1 fully saturated rings. The zero-order valence-electron chi connectivity index (χ0n) is 19.0. The van der Waals surface area contributed by atoms with Gasteiger partial charge in [0, 0.05) is 5.92 Å². The summed E-state index contributed by atoms with van der Waals surface area (Å²) in [5.41, 5.74) is 4.57. The number of alkyl carbamates (subject to hydrolysis) is 1. The normalized spacial score (nSPS) is 15.1. The molecule has 3 N–H and O–H groups in total. The molecule has 1 atom stereocenters.